The van der Waals surface area contributed by atoms with Crippen molar-refractivity contribution in [3.63, 3.8) is 0 Å². The molecule has 26 heavy (non-hydrogen) atoms. The summed E-state index contributed by atoms with van der Waals surface area (Å²) in [5, 5.41) is 12.7. The highest BCUT2D eigenvalue weighted by Gasteiger charge is 2.05. The van der Waals surface area contributed by atoms with Gasteiger partial charge in [-0.2, -0.15) is 5.10 Å². The first-order valence-corrected chi connectivity index (χ1v) is 9.24. The van der Waals surface area contributed by atoms with E-state index in [4.69, 9.17) is 11.6 Å². The molecule has 0 radical (unpaired) electrons. The number of anilines is 1. The van der Waals surface area contributed by atoms with Gasteiger partial charge in [0, 0.05) is 22.7 Å². The van der Waals surface area contributed by atoms with E-state index in [1.807, 2.05) is 37.3 Å². The van der Waals surface area contributed by atoms with Gasteiger partial charge in [-0.15, -0.1) is 5.10 Å². The fourth-order valence-electron chi connectivity index (χ4n) is 2.09. The maximum atomic E-state index is 12.9. The van der Waals surface area contributed by atoms with Crippen molar-refractivity contribution < 1.29 is 4.39 Å². The second-order valence-corrected chi connectivity index (χ2v) is 6.84. The molecule has 3 rings (SSSR count). The third-order valence-corrected chi connectivity index (χ3v) is 4.65. The highest BCUT2D eigenvalue weighted by atomic mass is 35.5. The monoisotopic (exact) mass is 386 g/mol. The number of hydrogen-bond donors (Lipinski definition) is 1. The van der Waals surface area contributed by atoms with Crippen molar-refractivity contribution in [2.75, 3.05) is 5.32 Å². The Bertz CT molecular complexity index is 898. The molecule has 1 N–H and O–H groups in total. The van der Waals surface area contributed by atoms with E-state index in [9.17, 15) is 4.39 Å². The van der Waals surface area contributed by atoms with Crippen LogP contribution in [0.15, 0.2) is 59.9 Å². The third kappa shape index (κ3) is 5.28. The minimum atomic E-state index is -0.266. The molecule has 0 atom stereocenters. The highest BCUT2D eigenvalue weighted by Crippen LogP contribution is 2.21. The Kier molecular flexibility index (Phi) is 6.20. The van der Waals surface area contributed by atoms with Crippen LogP contribution in [0.2, 0.25) is 5.02 Å². The van der Waals surface area contributed by atoms with Crippen molar-refractivity contribution in [2.45, 2.75) is 17.8 Å². The van der Waals surface area contributed by atoms with E-state index in [1.54, 1.807) is 18.3 Å². The maximum absolute atomic E-state index is 12.9. The quantitative estimate of drug-likeness (QED) is 0.579. The van der Waals surface area contributed by atoms with E-state index < -0.39 is 0 Å². The third-order valence-electron chi connectivity index (χ3n) is 3.49. The molecule has 0 bridgehead atoms. The van der Waals surface area contributed by atoms with E-state index in [0.29, 0.717) is 10.2 Å². The van der Waals surface area contributed by atoms with Crippen molar-refractivity contribution in [2.24, 2.45) is 0 Å². The van der Waals surface area contributed by atoms with Gasteiger partial charge in [0.05, 0.1) is 11.4 Å². The van der Waals surface area contributed by atoms with Crippen LogP contribution in [0.1, 0.15) is 17.0 Å². The van der Waals surface area contributed by atoms with Gasteiger partial charge < -0.3 is 5.32 Å². The number of halogens is 2. The average Bonchev–Trinajstić information content (AvgIpc) is 2.65. The van der Waals surface area contributed by atoms with Crippen LogP contribution in [0.25, 0.3) is 6.08 Å². The van der Waals surface area contributed by atoms with Crippen LogP contribution >= 0.6 is 23.4 Å². The molecule has 0 spiro atoms. The van der Waals surface area contributed by atoms with E-state index >= 15 is 0 Å². The number of thioether (sulfide) groups is 1. The lowest BCUT2D eigenvalue weighted by Gasteiger charge is -2.04. The van der Waals surface area contributed by atoms with Crippen LogP contribution in [-0.4, -0.2) is 15.2 Å². The lowest BCUT2D eigenvalue weighted by molar-refractivity contribution is 0.628. The summed E-state index contributed by atoms with van der Waals surface area (Å²) in [5.41, 5.74) is 3.39. The molecule has 1 aromatic heterocycles. The fraction of sp³-hybridized carbons (Fsp3) is 0.105. The molecular weight excluding hydrogens is 371 g/mol. The van der Waals surface area contributed by atoms with Gasteiger partial charge >= 0.3 is 0 Å². The predicted molar refractivity (Wildman–Crippen MR) is 105 cm³/mol. The smallest absolute Gasteiger partial charge is 0.209 e. The lowest BCUT2D eigenvalue weighted by Crippen LogP contribution is -1.99. The number of benzene rings is 2. The first-order chi connectivity index (χ1) is 12.6. The molecule has 3 aromatic rings. The van der Waals surface area contributed by atoms with E-state index in [0.717, 1.165) is 28.4 Å². The van der Waals surface area contributed by atoms with E-state index in [1.165, 1.54) is 23.9 Å². The number of rotatable bonds is 6. The van der Waals surface area contributed by atoms with Gasteiger partial charge in [-0.05, 0) is 55.0 Å². The Balaban J connectivity index is 1.64. The fourth-order valence-corrected chi connectivity index (χ4v) is 2.96. The molecule has 1 heterocycles. The first kappa shape index (κ1) is 18.4. The summed E-state index contributed by atoms with van der Waals surface area (Å²) in [4.78, 5) is 4.53. The SMILES string of the molecule is Cc1nnc(SCc2ccc(Cl)cc2)nc1/C=C/Nc1ccc(F)cc1. The zero-order chi connectivity index (χ0) is 18.4. The van der Waals surface area contributed by atoms with Gasteiger partial charge in [0.2, 0.25) is 5.16 Å². The summed E-state index contributed by atoms with van der Waals surface area (Å²) >= 11 is 7.40. The number of nitrogens with one attached hydrogen (secondary N) is 1. The molecule has 0 saturated heterocycles. The average molecular weight is 387 g/mol. The number of aryl methyl sites for hydroxylation is 1. The minimum Gasteiger partial charge on any atom is -0.362 e. The Morgan fingerprint density at radius 3 is 2.54 bits per heavy atom. The minimum absolute atomic E-state index is 0.266. The first-order valence-electron chi connectivity index (χ1n) is 7.87. The largest absolute Gasteiger partial charge is 0.362 e. The molecule has 4 nitrogen and oxygen atoms in total. The second kappa shape index (κ2) is 8.78. The van der Waals surface area contributed by atoms with Gasteiger partial charge in [-0.25, -0.2) is 9.37 Å². The van der Waals surface area contributed by atoms with Crippen molar-refractivity contribution in [1.82, 2.24) is 15.2 Å². The zero-order valence-corrected chi connectivity index (χ0v) is 15.6. The summed E-state index contributed by atoms with van der Waals surface area (Å²) in [6.45, 7) is 1.85. The molecule has 0 aliphatic heterocycles. The second-order valence-electron chi connectivity index (χ2n) is 5.46. The maximum Gasteiger partial charge on any atom is 0.209 e. The molecule has 0 unspecified atom stereocenters. The Hall–Kier alpha value is -2.44. The summed E-state index contributed by atoms with van der Waals surface area (Å²) in [5.74, 6) is 0.469. The molecule has 0 saturated carbocycles. The number of hydrogen-bond acceptors (Lipinski definition) is 5. The van der Waals surface area contributed by atoms with Crippen molar-refractivity contribution in [1.29, 1.82) is 0 Å². The van der Waals surface area contributed by atoms with Crippen LogP contribution in [0.4, 0.5) is 10.1 Å². The molecule has 132 valence electrons. The van der Waals surface area contributed by atoms with E-state index in [2.05, 4.69) is 20.5 Å². The summed E-state index contributed by atoms with van der Waals surface area (Å²) in [7, 11) is 0. The number of nitrogens with zero attached hydrogens (tertiary/aromatic N) is 3. The van der Waals surface area contributed by atoms with Crippen LogP contribution in [0.3, 0.4) is 0 Å². The van der Waals surface area contributed by atoms with Crippen molar-refractivity contribution in [3.05, 3.63) is 82.5 Å². The van der Waals surface area contributed by atoms with Crippen LogP contribution in [-0.2, 0) is 5.75 Å². The molecule has 2 aromatic carbocycles. The zero-order valence-electron chi connectivity index (χ0n) is 14.0. The number of aromatic nitrogens is 3. The molecule has 0 fully saturated rings. The van der Waals surface area contributed by atoms with Crippen LogP contribution in [0, 0.1) is 12.7 Å². The van der Waals surface area contributed by atoms with Gasteiger partial charge in [0.15, 0.2) is 0 Å². The topological polar surface area (TPSA) is 50.7 Å². The lowest BCUT2D eigenvalue weighted by atomic mass is 10.2. The molecule has 0 amide bonds. The van der Waals surface area contributed by atoms with Gasteiger partial charge in [-0.1, -0.05) is 35.5 Å². The highest BCUT2D eigenvalue weighted by molar-refractivity contribution is 7.98. The van der Waals surface area contributed by atoms with Crippen molar-refractivity contribution in [3.8, 4) is 0 Å². The van der Waals surface area contributed by atoms with Crippen molar-refractivity contribution >= 4 is 35.1 Å². The van der Waals surface area contributed by atoms with Crippen LogP contribution < -0.4 is 5.32 Å². The Morgan fingerprint density at radius 1 is 1.08 bits per heavy atom. The molecular formula is C19H16ClFN4S. The van der Waals surface area contributed by atoms with Gasteiger partial charge in [0.1, 0.15) is 5.82 Å². The standard InChI is InChI=1S/C19H16ClFN4S/c1-13-18(10-11-22-17-8-6-16(21)7-9-17)23-19(25-24-13)26-12-14-2-4-15(20)5-3-14/h2-11,22H,12H2,1H3/b11-10+. The van der Waals surface area contributed by atoms with E-state index in [-0.39, 0.29) is 5.82 Å². The van der Waals surface area contributed by atoms with Gasteiger partial charge in [0.25, 0.3) is 0 Å². The normalized spacial score (nSPS) is 11.0. The Morgan fingerprint density at radius 2 is 1.81 bits per heavy atom. The Labute approximate surface area is 160 Å². The summed E-state index contributed by atoms with van der Waals surface area (Å²) in [6, 6.07) is 13.8. The summed E-state index contributed by atoms with van der Waals surface area (Å²) < 4.78 is 12.9. The summed E-state index contributed by atoms with van der Waals surface area (Å²) in [6.07, 6.45) is 3.57. The van der Waals surface area contributed by atoms with Crippen LogP contribution in [0.5, 0.6) is 0 Å². The molecule has 0 aliphatic rings. The molecule has 0 aliphatic carbocycles. The predicted octanol–water partition coefficient (Wildman–Crippen LogP) is 5.35. The molecule has 7 heteroatoms. The van der Waals surface area contributed by atoms with Gasteiger partial charge in [-0.3, -0.25) is 0 Å².